The summed E-state index contributed by atoms with van der Waals surface area (Å²) in [5.41, 5.74) is -3.01. The van der Waals surface area contributed by atoms with Crippen molar-refractivity contribution in [3.8, 4) is 0 Å². The number of aliphatic carboxylic acids is 2. The molecule has 68 heavy (non-hydrogen) atoms. The number of carbonyl (C=O) groups is 2. The van der Waals surface area contributed by atoms with Gasteiger partial charge in [0.2, 0.25) is 0 Å². The van der Waals surface area contributed by atoms with Crippen LogP contribution in [-0.2, 0) is 38.0 Å². The Hall–Kier alpha value is -1.70. The zero-order valence-corrected chi connectivity index (χ0v) is 40.1. The molecule has 5 saturated carbocycles. The topological polar surface area (TPSA) is 332 Å². The summed E-state index contributed by atoms with van der Waals surface area (Å²) in [5, 5.41) is 129. The second-order valence-corrected chi connectivity index (χ2v) is 23.7. The summed E-state index contributed by atoms with van der Waals surface area (Å²) in [6.45, 7) is 11.0. The average molecular weight is 975 g/mol. The Balaban J connectivity index is 0.989. The van der Waals surface area contributed by atoms with Crippen LogP contribution in [0.25, 0.3) is 0 Å². The number of carboxylic acids is 2. The fraction of sp³-hybridized carbons (Fsp3) is 0.958. The lowest BCUT2D eigenvalue weighted by atomic mass is 9.31. The molecule has 0 radical (unpaired) electrons. The van der Waals surface area contributed by atoms with Crippen LogP contribution < -0.4 is 0 Å². The number of carboxylic acid groups (broad SMARTS) is 2. The van der Waals surface area contributed by atoms with E-state index in [9.17, 15) is 70.9 Å². The van der Waals surface area contributed by atoms with Gasteiger partial charge in [0.1, 0.15) is 73.2 Å². The molecule has 3 heterocycles. The second kappa shape index (κ2) is 18.7. The molecular weight excluding hydrogens is 897 g/mol. The predicted octanol–water partition coefficient (Wildman–Crippen LogP) is -0.149. The highest BCUT2D eigenvalue weighted by atomic mass is 16.8. The first-order valence-corrected chi connectivity index (χ1v) is 24.8. The predicted molar refractivity (Wildman–Crippen MR) is 233 cm³/mol. The molecule has 20 nitrogen and oxygen atoms in total. The number of aliphatic hydroxyl groups excluding tert-OH is 10. The Morgan fingerprint density at radius 2 is 1.10 bits per heavy atom. The molecule has 25 atom stereocenters. The Kier molecular flexibility index (Phi) is 14.4. The lowest BCUT2D eigenvalue weighted by Gasteiger charge is -2.73. The maximum absolute atomic E-state index is 13.8. The molecule has 20 heteroatoms. The molecular formula is C48H78O20. The highest BCUT2D eigenvalue weighted by Crippen LogP contribution is 2.77. The van der Waals surface area contributed by atoms with Gasteiger partial charge < -0.3 is 89.7 Å². The molecule has 0 bridgehead atoms. The Bertz CT molecular complexity index is 1840. The molecule has 390 valence electrons. The Morgan fingerprint density at radius 1 is 0.529 bits per heavy atom. The summed E-state index contributed by atoms with van der Waals surface area (Å²) in [7, 11) is 0. The van der Waals surface area contributed by atoms with Crippen LogP contribution in [-0.4, -0.2) is 191 Å². The number of fused-ring (bicyclic) bond motifs is 7. The quantitative estimate of drug-likeness (QED) is 0.120. The van der Waals surface area contributed by atoms with Gasteiger partial charge in [-0.3, -0.25) is 9.59 Å². The van der Waals surface area contributed by atoms with E-state index in [1.807, 2.05) is 0 Å². The molecule has 3 saturated heterocycles. The maximum atomic E-state index is 13.8. The average Bonchev–Trinajstić information content (AvgIpc) is 3.28. The number of ether oxygens (including phenoxy) is 6. The highest BCUT2D eigenvalue weighted by molar-refractivity contribution is 5.76. The van der Waals surface area contributed by atoms with Gasteiger partial charge in [0, 0.05) is 0 Å². The van der Waals surface area contributed by atoms with Crippen molar-refractivity contribution in [2.75, 3.05) is 19.8 Å². The molecule has 0 unspecified atom stereocenters. The van der Waals surface area contributed by atoms with Gasteiger partial charge in [-0.1, -0.05) is 34.6 Å². The van der Waals surface area contributed by atoms with E-state index in [0.717, 1.165) is 38.5 Å². The lowest BCUT2D eigenvalue weighted by Crippen LogP contribution is -2.69. The van der Waals surface area contributed by atoms with E-state index in [1.54, 1.807) is 6.92 Å². The standard InChI is InChI=1S/C48H78O20/c1-43(2)13-15-48(42(61)62)16-14-45(4)21(22(48)17-43)7-8-26-44(3)11-10-28(47(6,41(59)60)27(44)9-12-46(26,45)5)67-40-36(58)37(31(53)24(19-50)65-40)68-39-35(57)33(55)30(52)25(66-39)20-63-38-34(56)32(54)29(51)23(18-49)64-38/h21-40,49-58H,7-20H2,1-6H3,(H,59,60)(H,61,62)/t21-,22-,23-,24-,25-,26-,27-,28+,29-,30-,31-,32+,33+,34-,35-,36-,37+,38-,39+,40+,44-,45-,46-,47+,48+/m1/s1. The van der Waals surface area contributed by atoms with Crippen molar-refractivity contribution < 1.29 is 99.3 Å². The molecule has 0 aromatic rings. The Labute approximate surface area is 396 Å². The summed E-state index contributed by atoms with van der Waals surface area (Å²) in [6.07, 6.45) is -19.2. The third-order valence-electron chi connectivity index (χ3n) is 20.1. The molecule has 5 aliphatic carbocycles. The minimum atomic E-state index is -1.98. The van der Waals surface area contributed by atoms with Crippen molar-refractivity contribution in [1.82, 2.24) is 0 Å². The fourth-order valence-corrected chi connectivity index (χ4v) is 15.8. The van der Waals surface area contributed by atoms with Gasteiger partial charge in [-0.25, -0.2) is 0 Å². The highest BCUT2D eigenvalue weighted by Gasteiger charge is 2.73. The molecule has 0 amide bonds. The monoisotopic (exact) mass is 975 g/mol. The summed E-state index contributed by atoms with van der Waals surface area (Å²) in [6, 6.07) is 0. The van der Waals surface area contributed by atoms with E-state index in [4.69, 9.17) is 28.4 Å². The zero-order chi connectivity index (χ0) is 49.8. The first kappa shape index (κ1) is 52.6. The van der Waals surface area contributed by atoms with Crippen molar-refractivity contribution >= 4 is 11.9 Å². The summed E-state index contributed by atoms with van der Waals surface area (Å²) in [4.78, 5) is 27.0. The number of aliphatic hydroxyl groups is 10. The SMILES string of the molecule is CC1(C)CC[C@]2(C(=O)O)CC[C@]3(C)[C@H](CC[C@@H]4[C@@]5(C)CC[C@H](O[C@@H]6O[C@H](CO)[C@@H](O)[C@H](O[C@@H]7O[C@H](CO[C@@H]8O[C@H](CO)[C@@H](O)[C@H](O)[C@H]8O)[C@@H](O)[C@H](O)[C@H]7O)[C@H]6O)[C@@](C)(C(=O)O)[C@@H]5CC[C@]43C)[C@H]2C1. The van der Waals surface area contributed by atoms with Crippen LogP contribution in [0.4, 0.5) is 0 Å². The van der Waals surface area contributed by atoms with Crippen molar-refractivity contribution in [3.63, 3.8) is 0 Å². The minimum absolute atomic E-state index is 0.0417. The zero-order valence-electron chi connectivity index (χ0n) is 40.1. The molecule has 0 aromatic heterocycles. The summed E-state index contributed by atoms with van der Waals surface area (Å²) >= 11 is 0. The van der Waals surface area contributed by atoms with Crippen molar-refractivity contribution in [3.05, 3.63) is 0 Å². The second-order valence-electron chi connectivity index (χ2n) is 23.7. The van der Waals surface area contributed by atoms with Gasteiger partial charge in [-0.2, -0.15) is 0 Å². The van der Waals surface area contributed by atoms with Gasteiger partial charge in [0.25, 0.3) is 0 Å². The van der Waals surface area contributed by atoms with Crippen LogP contribution in [0.1, 0.15) is 112 Å². The maximum Gasteiger partial charge on any atom is 0.312 e. The fourth-order valence-electron chi connectivity index (χ4n) is 15.8. The van der Waals surface area contributed by atoms with Gasteiger partial charge in [0.05, 0.1) is 36.8 Å². The van der Waals surface area contributed by atoms with Gasteiger partial charge in [0.15, 0.2) is 18.9 Å². The van der Waals surface area contributed by atoms with Crippen molar-refractivity contribution in [1.29, 1.82) is 0 Å². The normalized spacial score (nSPS) is 54.6. The van der Waals surface area contributed by atoms with Crippen LogP contribution in [0.3, 0.4) is 0 Å². The summed E-state index contributed by atoms with van der Waals surface area (Å²) in [5.74, 6) is -1.73. The molecule has 8 rings (SSSR count). The van der Waals surface area contributed by atoms with Crippen LogP contribution >= 0.6 is 0 Å². The van der Waals surface area contributed by atoms with E-state index < -0.39 is 146 Å². The van der Waals surface area contributed by atoms with E-state index >= 15 is 0 Å². The van der Waals surface area contributed by atoms with E-state index in [2.05, 4.69) is 34.6 Å². The first-order valence-electron chi connectivity index (χ1n) is 24.8. The molecule has 0 spiro atoms. The lowest BCUT2D eigenvalue weighted by molar-refractivity contribution is -0.373. The minimum Gasteiger partial charge on any atom is -0.481 e. The number of hydrogen-bond acceptors (Lipinski definition) is 18. The van der Waals surface area contributed by atoms with Gasteiger partial charge in [-0.05, 0) is 123 Å². The smallest absolute Gasteiger partial charge is 0.312 e. The van der Waals surface area contributed by atoms with E-state index in [1.165, 1.54) is 0 Å². The van der Waals surface area contributed by atoms with Gasteiger partial charge >= 0.3 is 11.9 Å². The molecule has 3 aliphatic heterocycles. The number of hydrogen-bond donors (Lipinski definition) is 12. The van der Waals surface area contributed by atoms with Gasteiger partial charge in [-0.15, -0.1) is 0 Å². The summed E-state index contributed by atoms with van der Waals surface area (Å²) < 4.78 is 35.0. The molecule has 8 aliphatic rings. The third-order valence-corrected chi connectivity index (χ3v) is 20.1. The number of rotatable bonds is 11. The van der Waals surface area contributed by atoms with Crippen molar-refractivity contribution in [2.45, 2.75) is 210 Å². The van der Waals surface area contributed by atoms with E-state index in [0.29, 0.717) is 25.7 Å². The van der Waals surface area contributed by atoms with Crippen molar-refractivity contribution in [2.24, 2.45) is 56.2 Å². The van der Waals surface area contributed by atoms with Crippen LogP contribution in [0, 0.1) is 56.2 Å². The molecule has 12 N–H and O–H groups in total. The first-order chi connectivity index (χ1) is 31.8. The third kappa shape index (κ3) is 8.10. The van der Waals surface area contributed by atoms with Crippen LogP contribution in [0.2, 0.25) is 0 Å². The molecule has 8 fully saturated rings. The van der Waals surface area contributed by atoms with E-state index in [-0.39, 0.29) is 46.3 Å². The van der Waals surface area contributed by atoms with Crippen LogP contribution in [0.15, 0.2) is 0 Å². The molecule has 0 aromatic carbocycles. The largest absolute Gasteiger partial charge is 0.481 e. The van der Waals surface area contributed by atoms with Crippen LogP contribution in [0.5, 0.6) is 0 Å². The Morgan fingerprint density at radius 3 is 1.74 bits per heavy atom.